The molecule has 1 aromatic rings. The Hall–Kier alpha value is -1.06. The lowest BCUT2D eigenvalue weighted by Gasteiger charge is -2.16. The van der Waals surface area contributed by atoms with Crippen molar-refractivity contribution in [2.75, 3.05) is 19.6 Å². The summed E-state index contributed by atoms with van der Waals surface area (Å²) in [4.78, 5) is 14.1. The number of carbonyl (C=O) groups excluding carboxylic acids is 1. The summed E-state index contributed by atoms with van der Waals surface area (Å²) in [5.41, 5.74) is 9.50. The summed E-state index contributed by atoms with van der Waals surface area (Å²) >= 11 is 0. The van der Waals surface area contributed by atoms with Crippen LogP contribution in [0.15, 0.2) is 18.2 Å². The highest BCUT2D eigenvalue weighted by atomic mass is 35.5. The van der Waals surface area contributed by atoms with Gasteiger partial charge in [0.2, 0.25) is 5.91 Å². The van der Waals surface area contributed by atoms with Gasteiger partial charge in [-0.1, -0.05) is 23.8 Å². The first-order chi connectivity index (χ1) is 9.10. The maximum absolute atomic E-state index is 12.1. The molecule has 1 atom stereocenters. The predicted octanol–water partition coefficient (Wildman–Crippen LogP) is 2.47. The van der Waals surface area contributed by atoms with Crippen LogP contribution in [0.2, 0.25) is 0 Å². The van der Waals surface area contributed by atoms with Gasteiger partial charge in [-0.3, -0.25) is 4.79 Å². The fraction of sp³-hybridized carbons (Fsp3) is 0.562. The number of carbonyl (C=O) groups is 1. The van der Waals surface area contributed by atoms with E-state index in [1.165, 1.54) is 16.7 Å². The van der Waals surface area contributed by atoms with Gasteiger partial charge in [-0.25, -0.2) is 0 Å². The van der Waals surface area contributed by atoms with Gasteiger partial charge in [0.1, 0.15) is 0 Å². The molecule has 0 bridgehead atoms. The van der Waals surface area contributed by atoms with Crippen LogP contribution in [0, 0.1) is 19.8 Å². The summed E-state index contributed by atoms with van der Waals surface area (Å²) < 4.78 is 0. The first kappa shape index (κ1) is 17.0. The molecule has 1 amide bonds. The van der Waals surface area contributed by atoms with Gasteiger partial charge < -0.3 is 10.6 Å². The van der Waals surface area contributed by atoms with Gasteiger partial charge in [0.25, 0.3) is 0 Å². The molecule has 1 aliphatic heterocycles. The molecule has 1 heterocycles. The van der Waals surface area contributed by atoms with Crippen LogP contribution >= 0.6 is 12.4 Å². The van der Waals surface area contributed by atoms with Crippen LogP contribution in [0.5, 0.6) is 0 Å². The predicted molar refractivity (Wildman–Crippen MR) is 85.2 cm³/mol. The Balaban J connectivity index is 0.00000200. The van der Waals surface area contributed by atoms with Crippen molar-refractivity contribution in [1.29, 1.82) is 0 Å². The van der Waals surface area contributed by atoms with Crippen molar-refractivity contribution in [3.8, 4) is 0 Å². The number of hydrogen-bond donors (Lipinski definition) is 1. The summed E-state index contributed by atoms with van der Waals surface area (Å²) in [7, 11) is 0. The van der Waals surface area contributed by atoms with E-state index in [0.717, 1.165) is 25.9 Å². The van der Waals surface area contributed by atoms with Gasteiger partial charge >= 0.3 is 0 Å². The topological polar surface area (TPSA) is 46.3 Å². The fourth-order valence-corrected chi connectivity index (χ4v) is 2.78. The van der Waals surface area contributed by atoms with Crippen LogP contribution in [0.3, 0.4) is 0 Å². The maximum Gasteiger partial charge on any atom is 0.222 e. The Kier molecular flexibility index (Phi) is 6.50. The molecule has 1 saturated heterocycles. The summed E-state index contributed by atoms with van der Waals surface area (Å²) in [6.45, 7) is 6.64. The number of halogens is 1. The number of nitrogens with two attached hydrogens (primary N) is 1. The van der Waals surface area contributed by atoms with E-state index in [-0.39, 0.29) is 18.3 Å². The van der Waals surface area contributed by atoms with E-state index >= 15 is 0 Å². The Labute approximate surface area is 127 Å². The highest BCUT2D eigenvalue weighted by molar-refractivity contribution is 5.85. The number of amides is 1. The first-order valence-corrected chi connectivity index (χ1v) is 7.14. The van der Waals surface area contributed by atoms with Gasteiger partial charge in [-0.05, 0) is 50.3 Å². The van der Waals surface area contributed by atoms with Crippen molar-refractivity contribution in [1.82, 2.24) is 4.90 Å². The molecule has 1 aliphatic rings. The van der Waals surface area contributed by atoms with Crippen LogP contribution in [0.25, 0.3) is 0 Å². The smallest absolute Gasteiger partial charge is 0.222 e. The molecule has 20 heavy (non-hydrogen) atoms. The number of likely N-dealkylation sites (tertiary alicyclic amines) is 1. The minimum Gasteiger partial charge on any atom is -0.342 e. The second-order valence-corrected chi connectivity index (χ2v) is 5.66. The van der Waals surface area contributed by atoms with E-state index in [9.17, 15) is 4.79 Å². The molecule has 1 unspecified atom stereocenters. The molecule has 2 rings (SSSR count). The lowest BCUT2D eigenvalue weighted by Crippen LogP contribution is -2.30. The second kappa shape index (κ2) is 7.65. The molecule has 0 saturated carbocycles. The van der Waals surface area contributed by atoms with Gasteiger partial charge in [0.05, 0.1) is 0 Å². The molecule has 3 nitrogen and oxygen atoms in total. The zero-order chi connectivity index (χ0) is 13.8. The number of rotatable bonds is 4. The van der Waals surface area contributed by atoms with Gasteiger partial charge in [0, 0.05) is 19.5 Å². The molecule has 2 N–H and O–H groups in total. The van der Waals surface area contributed by atoms with Crippen molar-refractivity contribution in [3.05, 3.63) is 34.9 Å². The fourth-order valence-electron chi connectivity index (χ4n) is 2.78. The zero-order valence-electron chi connectivity index (χ0n) is 12.4. The van der Waals surface area contributed by atoms with Gasteiger partial charge in [-0.15, -0.1) is 12.4 Å². The molecule has 0 aromatic heterocycles. The average Bonchev–Trinajstić information content (AvgIpc) is 2.86. The highest BCUT2D eigenvalue weighted by Crippen LogP contribution is 2.18. The normalized spacial score (nSPS) is 17.9. The molecule has 1 fully saturated rings. The average molecular weight is 297 g/mol. The van der Waals surface area contributed by atoms with Crippen LogP contribution in [0.4, 0.5) is 0 Å². The highest BCUT2D eigenvalue weighted by Gasteiger charge is 2.24. The largest absolute Gasteiger partial charge is 0.342 e. The van der Waals surface area contributed by atoms with Crippen LogP contribution in [-0.2, 0) is 11.2 Å². The van der Waals surface area contributed by atoms with Crippen molar-refractivity contribution in [2.45, 2.75) is 33.1 Å². The van der Waals surface area contributed by atoms with Crippen molar-refractivity contribution in [2.24, 2.45) is 11.7 Å². The molecular weight excluding hydrogens is 272 g/mol. The molecule has 0 aliphatic carbocycles. The standard InChI is InChI=1S/C16H24N2O.ClH/c1-12-3-4-15(13(2)9-12)5-6-16(19)18-8-7-14(10-17)11-18;/h3-4,9,14H,5-8,10-11,17H2,1-2H3;1H. The van der Waals surface area contributed by atoms with Crippen LogP contribution < -0.4 is 5.73 Å². The first-order valence-electron chi connectivity index (χ1n) is 7.14. The SMILES string of the molecule is Cc1ccc(CCC(=O)N2CCC(CN)C2)c(C)c1.Cl. The molecule has 0 spiro atoms. The molecule has 0 radical (unpaired) electrons. The molecule has 112 valence electrons. The quantitative estimate of drug-likeness (QED) is 0.928. The van der Waals surface area contributed by atoms with E-state index in [0.29, 0.717) is 18.9 Å². The minimum absolute atomic E-state index is 0. The van der Waals surface area contributed by atoms with Crippen molar-refractivity contribution >= 4 is 18.3 Å². The lowest BCUT2D eigenvalue weighted by molar-refractivity contribution is -0.130. The van der Waals surface area contributed by atoms with E-state index < -0.39 is 0 Å². The Bertz CT molecular complexity index is 462. The summed E-state index contributed by atoms with van der Waals surface area (Å²) in [6.07, 6.45) is 2.52. The van der Waals surface area contributed by atoms with E-state index in [1.807, 2.05) is 4.90 Å². The lowest BCUT2D eigenvalue weighted by atomic mass is 10.0. The number of aryl methyl sites for hydroxylation is 3. The maximum atomic E-state index is 12.1. The third kappa shape index (κ3) is 4.22. The second-order valence-electron chi connectivity index (χ2n) is 5.66. The van der Waals surface area contributed by atoms with Crippen molar-refractivity contribution in [3.63, 3.8) is 0 Å². The van der Waals surface area contributed by atoms with Crippen LogP contribution in [-0.4, -0.2) is 30.4 Å². The molecule has 4 heteroatoms. The molecular formula is C16H25ClN2O. The number of hydrogen-bond acceptors (Lipinski definition) is 2. The Morgan fingerprint density at radius 2 is 2.15 bits per heavy atom. The van der Waals surface area contributed by atoms with Gasteiger partial charge in [0.15, 0.2) is 0 Å². The Morgan fingerprint density at radius 3 is 2.75 bits per heavy atom. The van der Waals surface area contributed by atoms with Gasteiger partial charge in [-0.2, -0.15) is 0 Å². The van der Waals surface area contributed by atoms with Crippen LogP contribution in [0.1, 0.15) is 29.5 Å². The number of benzene rings is 1. The van der Waals surface area contributed by atoms with E-state index in [2.05, 4.69) is 32.0 Å². The third-order valence-corrected chi connectivity index (χ3v) is 4.08. The van der Waals surface area contributed by atoms with Crippen molar-refractivity contribution < 1.29 is 4.79 Å². The zero-order valence-corrected chi connectivity index (χ0v) is 13.2. The summed E-state index contributed by atoms with van der Waals surface area (Å²) in [5, 5.41) is 0. The number of nitrogens with zero attached hydrogens (tertiary/aromatic N) is 1. The van der Waals surface area contributed by atoms with E-state index in [1.54, 1.807) is 0 Å². The molecule has 1 aromatic carbocycles. The summed E-state index contributed by atoms with van der Waals surface area (Å²) in [6, 6.07) is 6.44. The monoisotopic (exact) mass is 296 g/mol. The Morgan fingerprint density at radius 1 is 1.40 bits per heavy atom. The third-order valence-electron chi connectivity index (χ3n) is 4.08. The minimum atomic E-state index is 0. The van der Waals surface area contributed by atoms with E-state index in [4.69, 9.17) is 5.73 Å². The summed E-state index contributed by atoms with van der Waals surface area (Å²) in [5.74, 6) is 0.779.